The van der Waals surface area contributed by atoms with Crippen molar-refractivity contribution in [3.05, 3.63) is 59.3 Å². The van der Waals surface area contributed by atoms with Crippen LogP contribution in [0.3, 0.4) is 0 Å². The molecular formula is C17H23N3. The van der Waals surface area contributed by atoms with Crippen molar-refractivity contribution >= 4 is 5.82 Å². The lowest BCUT2D eigenvalue weighted by atomic mass is 10.1. The molecule has 2 aromatic rings. The molecule has 1 heterocycles. The maximum Gasteiger partial charge on any atom is 0.128 e. The zero-order chi connectivity index (χ0) is 14.5. The molecule has 1 atom stereocenters. The van der Waals surface area contributed by atoms with Gasteiger partial charge < -0.3 is 10.2 Å². The van der Waals surface area contributed by atoms with Crippen molar-refractivity contribution in [1.29, 1.82) is 0 Å². The largest absolute Gasteiger partial charge is 0.355 e. The Morgan fingerprint density at radius 1 is 1.20 bits per heavy atom. The zero-order valence-electron chi connectivity index (χ0n) is 12.7. The van der Waals surface area contributed by atoms with Crippen LogP contribution >= 0.6 is 0 Å². The van der Waals surface area contributed by atoms with Crippen LogP contribution in [-0.4, -0.2) is 19.1 Å². The first-order valence-corrected chi connectivity index (χ1v) is 7.00. The Morgan fingerprint density at radius 3 is 2.55 bits per heavy atom. The van der Waals surface area contributed by atoms with Gasteiger partial charge in [0.1, 0.15) is 5.82 Å². The molecule has 1 N–H and O–H groups in total. The van der Waals surface area contributed by atoms with Gasteiger partial charge in [-0.25, -0.2) is 4.98 Å². The summed E-state index contributed by atoms with van der Waals surface area (Å²) in [7, 11) is 4.05. The fraction of sp³-hybridized carbons (Fsp3) is 0.353. The summed E-state index contributed by atoms with van der Waals surface area (Å²) in [6.45, 7) is 5.13. The highest BCUT2D eigenvalue weighted by Crippen LogP contribution is 2.18. The third-order valence-electron chi connectivity index (χ3n) is 3.63. The summed E-state index contributed by atoms with van der Waals surface area (Å²) in [5.41, 5.74) is 3.85. The monoisotopic (exact) mass is 269 g/mol. The molecule has 1 aromatic carbocycles. The molecule has 0 bridgehead atoms. The minimum Gasteiger partial charge on any atom is -0.355 e. The van der Waals surface area contributed by atoms with Crippen LogP contribution in [0.4, 0.5) is 5.82 Å². The number of aromatic nitrogens is 1. The molecule has 20 heavy (non-hydrogen) atoms. The maximum atomic E-state index is 4.47. The summed E-state index contributed by atoms with van der Waals surface area (Å²) in [4.78, 5) is 6.65. The third kappa shape index (κ3) is 3.58. The lowest BCUT2D eigenvalue weighted by molar-refractivity contribution is 0.651. The molecule has 0 aliphatic heterocycles. The van der Waals surface area contributed by atoms with Crippen molar-refractivity contribution in [2.24, 2.45) is 0 Å². The van der Waals surface area contributed by atoms with E-state index in [0.717, 1.165) is 12.4 Å². The van der Waals surface area contributed by atoms with Crippen molar-refractivity contribution in [1.82, 2.24) is 10.3 Å². The Labute approximate surface area is 121 Å². The van der Waals surface area contributed by atoms with Gasteiger partial charge >= 0.3 is 0 Å². The van der Waals surface area contributed by atoms with E-state index in [4.69, 9.17) is 0 Å². The predicted octanol–water partition coefficient (Wildman–Crippen LogP) is 3.31. The fourth-order valence-corrected chi connectivity index (χ4v) is 2.13. The van der Waals surface area contributed by atoms with E-state index in [0.29, 0.717) is 6.04 Å². The molecule has 0 spiro atoms. The van der Waals surface area contributed by atoms with Crippen molar-refractivity contribution in [3.63, 3.8) is 0 Å². The van der Waals surface area contributed by atoms with E-state index in [1.165, 1.54) is 16.7 Å². The molecule has 0 aliphatic rings. The van der Waals surface area contributed by atoms with Gasteiger partial charge in [-0.05, 0) is 44.2 Å². The van der Waals surface area contributed by atoms with E-state index in [2.05, 4.69) is 72.5 Å². The Balaban J connectivity index is 2.12. The average Bonchev–Trinajstić information content (AvgIpc) is 2.49. The van der Waals surface area contributed by atoms with Crippen LogP contribution in [0.2, 0.25) is 0 Å². The molecular weight excluding hydrogens is 246 g/mol. The van der Waals surface area contributed by atoms with Gasteiger partial charge in [0.05, 0.1) is 0 Å². The van der Waals surface area contributed by atoms with Crippen molar-refractivity contribution in [2.75, 3.05) is 19.0 Å². The van der Waals surface area contributed by atoms with Crippen LogP contribution in [0.1, 0.15) is 29.7 Å². The van der Waals surface area contributed by atoms with E-state index >= 15 is 0 Å². The third-order valence-corrected chi connectivity index (χ3v) is 3.63. The van der Waals surface area contributed by atoms with Crippen LogP contribution in [0.25, 0.3) is 0 Å². The Hall–Kier alpha value is -1.87. The number of nitrogens with zero attached hydrogens (tertiary/aromatic N) is 2. The maximum absolute atomic E-state index is 4.47. The van der Waals surface area contributed by atoms with E-state index in [-0.39, 0.29) is 0 Å². The molecule has 0 fully saturated rings. The molecule has 0 saturated carbocycles. The summed E-state index contributed by atoms with van der Waals surface area (Å²) >= 11 is 0. The van der Waals surface area contributed by atoms with E-state index in [9.17, 15) is 0 Å². The molecule has 0 saturated heterocycles. The first-order chi connectivity index (χ1) is 9.60. The number of benzene rings is 1. The fourth-order valence-electron chi connectivity index (χ4n) is 2.13. The topological polar surface area (TPSA) is 28.2 Å². The predicted molar refractivity (Wildman–Crippen MR) is 85.0 cm³/mol. The lowest BCUT2D eigenvalue weighted by Gasteiger charge is -2.20. The number of rotatable bonds is 5. The van der Waals surface area contributed by atoms with Crippen LogP contribution in [0.15, 0.2) is 42.6 Å². The van der Waals surface area contributed by atoms with E-state index < -0.39 is 0 Å². The second-order valence-corrected chi connectivity index (χ2v) is 5.30. The first kappa shape index (κ1) is 14.5. The van der Waals surface area contributed by atoms with Gasteiger partial charge in [-0.2, -0.15) is 0 Å². The number of pyridine rings is 1. The van der Waals surface area contributed by atoms with Gasteiger partial charge in [0.25, 0.3) is 0 Å². The minimum absolute atomic E-state index is 0.338. The van der Waals surface area contributed by atoms with Gasteiger partial charge in [-0.3, -0.25) is 0 Å². The summed E-state index contributed by atoms with van der Waals surface area (Å²) in [6, 6.07) is 13.2. The quantitative estimate of drug-likeness (QED) is 0.902. The molecule has 1 aromatic heterocycles. The smallest absolute Gasteiger partial charge is 0.128 e. The SMILES string of the molecule is CNC(C)c1ccnc(N(C)Cc2ccc(C)cc2)c1. The summed E-state index contributed by atoms with van der Waals surface area (Å²) < 4.78 is 0. The molecule has 3 heteroatoms. The van der Waals surface area contributed by atoms with Gasteiger partial charge in [0.2, 0.25) is 0 Å². The molecule has 2 rings (SSSR count). The van der Waals surface area contributed by atoms with E-state index in [1.807, 2.05) is 13.2 Å². The normalized spacial score (nSPS) is 12.2. The highest BCUT2D eigenvalue weighted by atomic mass is 15.2. The van der Waals surface area contributed by atoms with Gasteiger partial charge in [0.15, 0.2) is 0 Å². The molecule has 0 amide bonds. The molecule has 3 nitrogen and oxygen atoms in total. The summed E-state index contributed by atoms with van der Waals surface area (Å²) in [5, 5.41) is 3.26. The zero-order valence-corrected chi connectivity index (χ0v) is 12.7. The van der Waals surface area contributed by atoms with Crippen LogP contribution < -0.4 is 10.2 Å². The number of aryl methyl sites for hydroxylation is 1. The van der Waals surface area contributed by atoms with Crippen LogP contribution in [0.5, 0.6) is 0 Å². The number of anilines is 1. The highest BCUT2D eigenvalue weighted by molar-refractivity contribution is 5.42. The van der Waals surface area contributed by atoms with Crippen molar-refractivity contribution in [3.8, 4) is 0 Å². The Morgan fingerprint density at radius 2 is 1.90 bits per heavy atom. The Kier molecular flexibility index (Phi) is 4.74. The second-order valence-electron chi connectivity index (χ2n) is 5.30. The second kappa shape index (κ2) is 6.53. The van der Waals surface area contributed by atoms with Crippen LogP contribution in [-0.2, 0) is 6.54 Å². The van der Waals surface area contributed by atoms with Gasteiger partial charge in [-0.15, -0.1) is 0 Å². The van der Waals surface area contributed by atoms with Gasteiger partial charge in [0, 0.05) is 25.8 Å². The van der Waals surface area contributed by atoms with Crippen molar-refractivity contribution in [2.45, 2.75) is 26.4 Å². The number of hydrogen-bond acceptors (Lipinski definition) is 3. The standard InChI is InChI=1S/C17H23N3/c1-13-5-7-15(8-6-13)12-20(4)17-11-16(9-10-19-17)14(2)18-3/h5-11,14,18H,12H2,1-4H3. The first-order valence-electron chi connectivity index (χ1n) is 7.00. The molecule has 0 aliphatic carbocycles. The lowest BCUT2D eigenvalue weighted by Crippen LogP contribution is -2.19. The molecule has 1 unspecified atom stereocenters. The summed E-state index contributed by atoms with van der Waals surface area (Å²) in [5.74, 6) is 1.00. The minimum atomic E-state index is 0.338. The molecule has 106 valence electrons. The molecule has 0 radical (unpaired) electrons. The highest BCUT2D eigenvalue weighted by Gasteiger charge is 2.07. The Bertz CT molecular complexity index is 548. The van der Waals surface area contributed by atoms with Crippen molar-refractivity contribution < 1.29 is 0 Å². The number of nitrogens with one attached hydrogen (secondary N) is 1. The van der Waals surface area contributed by atoms with Crippen LogP contribution in [0, 0.1) is 6.92 Å². The summed E-state index contributed by atoms with van der Waals surface area (Å²) in [6.07, 6.45) is 1.88. The average molecular weight is 269 g/mol. The van der Waals surface area contributed by atoms with E-state index in [1.54, 1.807) is 0 Å². The number of hydrogen-bond donors (Lipinski definition) is 1. The van der Waals surface area contributed by atoms with Gasteiger partial charge in [-0.1, -0.05) is 29.8 Å².